The van der Waals surface area contributed by atoms with Crippen molar-refractivity contribution in [1.82, 2.24) is 20.0 Å². The molecule has 3 aliphatic rings. The summed E-state index contributed by atoms with van der Waals surface area (Å²) in [6.45, 7) is 5.04. The molecule has 2 saturated heterocycles. The quantitative estimate of drug-likeness (QED) is 0.752. The molecule has 1 aliphatic carbocycles. The Morgan fingerprint density at radius 1 is 1.17 bits per heavy atom. The molecule has 162 valence electrons. The molecule has 5 amide bonds. The number of hydrogen-bond acceptors (Lipinski definition) is 5. The summed E-state index contributed by atoms with van der Waals surface area (Å²) in [6.07, 6.45) is 4.88. The van der Waals surface area contributed by atoms with Gasteiger partial charge in [-0.25, -0.2) is 9.69 Å². The van der Waals surface area contributed by atoms with Crippen LogP contribution in [0.4, 0.5) is 4.79 Å². The Labute approximate surface area is 175 Å². The summed E-state index contributed by atoms with van der Waals surface area (Å²) in [4.78, 5) is 55.7. The maximum Gasteiger partial charge on any atom is 0.325 e. The van der Waals surface area contributed by atoms with Gasteiger partial charge in [-0.3, -0.25) is 14.4 Å². The average Bonchev–Trinajstić information content (AvgIpc) is 3.36. The third-order valence-corrected chi connectivity index (χ3v) is 6.80. The monoisotopic (exact) mass is 416 g/mol. The Bertz CT molecular complexity index is 846. The number of urea groups is 1. The number of imide groups is 1. The van der Waals surface area contributed by atoms with Crippen molar-refractivity contribution in [3.8, 4) is 0 Å². The molecular weight excluding hydrogens is 388 g/mol. The van der Waals surface area contributed by atoms with Gasteiger partial charge in [0.15, 0.2) is 5.76 Å². The molecule has 9 heteroatoms. The fourth-order valence-corrected chi connectivity index (χ4v) is 4.87. The van der Waals surface area contributed by atoms with E-state index in [1.807, 2.05) is 6.92 Å². The number of amides is 5. The number of piperazine rings is 1. The third-order valence-electron chi connectivity index (χ3n) is 6.80. The number of furan rings is 1. The van der Waals surface area contributed by atoms with Gasteiger partial charge in [0.05, 0.1) is 6.26 Å². The molecular formula is C21H28N4O5. The van der Waals surface area contributed by atoms with Crippen molar-refractivity contribution in [3.63, 3.8) is 0 Å². The number of nitrogens with one attached hydrogen (secondary N) is 1. The molecule has 0 radical (unpaired) electrons. The van der Waals surface area contributed by atoms with Gasteiger partial charge in [0.1, 0.15) is 11.6 Å². The minimum absolute atomic E-state index is 0.0474. The molecule has 9 nitrogen and oxygen atoms in total. The smallest absolute Gasteiger partial charge is 0.325 e. The van der Waals surface area contributed by atoms with Gasteiger partial charge < -0.3 is 19.5 Å². The largest absolute Gasteiger partial charge is 0.459 e. The van der Waals surface area contributed by atoms with Crippen molar-refractivity contribution in [3.05, 3.63) is 24.2 Å². The van der Waals surface area contributed by atoms with Crippen molar-refractivity contribution in [2.75, 3.05) is 26.2 Å². The normalized spacial score (nSPS) is 28.1. The molecule has 3 atom stereocenters. The average molecular weight is 416 g/mol. The Hall–Kier alpha value is -2.84. The van der Waals surface area contributed by atoms with E-state index in [-0.39, 0.29) is 29.4 Å². The summed E-state index contributed by atoms with van der Waals surface area (Å²) < 4.78 is 5.16. The van der Waals surface area contributed by atoms with Crippen molar-refractivity contribution in [2.45, 2.75) is 51.1 Å². The van der Waals surface area contributed by atoms with E-state index in [1.54, 1.807) is 28.9 Å². The Kier molecular flexibility index (Phi) is 5.29. The molecule has 2 aliphatic heterocycles. The second kappa shape index (κ2) is 7.77. The first-order valence-electron chi connectivity index (χ1n) is 10.6. The highest BCUT2D eigenvalue weighted by Crippen LogP contribution is 2.38. The fourth-order valence-electron chi connectivity index (χ4n) is 4.87. The van der Waals surface area contributed by atoms with E-state index in [0.717, 1.165) is 24.2 Å². The predicted octanol–water partition coefficient (Wildman–Crippen LogP) is 1.45. The van der Waals surface area contributed by atoms with Crippen LogP contribution in [0, 0.1) is 5.92 Å². The van der Waals surface area contributed by atoms with Gasteiger partial charge in [-0.15, -0.1) is 0 Å². The van der Waals surface area contributed by atoms with Crippen LogP contribution in [0.1, 0.15) is 50.1 Å². The molecule has 4 rings (SSSR count). The van der Waals surface area contributed by atoms with Crippen molar-refractivity contribution < 1.29 is 23.6 Å². The standard InChI is InChI=1S/C21H28N4O5/c1-14-6-3-4-8-21(14)19(28)25(20(29)22-21)15(2)17(26)23-9-11-24(12-10-23)18(27)16-7-5-13-30-16/h5,7,13-15H,3-4,6,8-12H2,1-2H3,(H,22,29)/t14-,15+,21-/m0/s1. The predicted molar refractivity (Wildman–Crippen MR) is 106 cm³/mol. The van der Waals surface area contributed by atoms with Crippen LogP contribution >= 0.6 is 0 Å². The zero-order valence-electron chi connectivity index (χ0n) is 17.4. The zero-order chi connectivity index (χ0) is 21.5. The maximum absolute atomic E-state index is 13.2. The first-order valence-corrected chi connectivity index (χ1v) is 10.6. The highest BCUT2D eigenvalue weighted by Gasteiger charge is 2.57. The summed E-state index contributed by atoms with van der Waals surface area (Å²) in [5.74, 6) is -0.445. The SMILES string of the molecule is C[C@H](C(=O)N1CCN(C(=O)c2ccco2)CC1)N1C(=O)N[C@]2(CCCC[C@@H]2C)C1=O. The Morgan fingerprint density at radius 3 is 2.50 bits per heavy atom. The van der Waals surface area contributed by atoms with Gasteiger partial charge in [0, 0.05) is 26.2 Å². The van der Waals surface area contributed by atoms with E-state index in [0.29, 0.717) is 32.6 Å². The van der Waals surface area contributed by atoms with Crippen molar-refractivity contribution in [1.29, 1.82) is 0 Å². The Morgan fingerprint density at radius 2 is 1.87 bits per heavy atom. The zero-order valence-corrected chi connectivity index (χ0v) is 17.4. The number of hydrogen-bond donors (Lipinski definition) is 1. The molecule has 30 heavy (non-hydrogen) atoms. The van der Waals surface area contributed by atoms with Gasteiger partial charge >= 0.3 is 6.03 Å². The first-order chi connectivity index (χ1) is 14.3. The van der Waals surface area contributed by atoms with Gasteiger partial charge in [-0.05, 0) is 37.8 Å². The molecule has 1 aromatic heterocycles. The summed E-state index contributed by atoms with van der Waals surface area (Å²) >= 11 is 0. The van der Waals surface area contributed by atoms with Crippen LogP contribution in [-0.4, -0.2) is 76.2 Å². The molecule has 1 saturated carbocycles. The van der Waals surface area contributed by atoms with Gasteiger partial charge in [-0.1, -0.05) is 19.8 Å². The van der Waals surface area contributed by atoms with Crippen LogP contribution in [0.3, 0.4) is 0 Å². The number of nitrogens with zero attached hydrogens (tertiary/aromatic N) is 3. The van der Waals surface area contributed by atoms with Crippen LogP contribution in [0.15, 0.2) is 22.8 Å². The highest BCUT2D eigenvalue weighted by molar-refractivity contribution is 6.10. The van der Waals surface area contributed by atoms with Gasteiger partial charge in [-0.2, -0.15) is 0 Å². The number of rotatable bonds is 3. The lowest BCUT2D eigenvalue weighted by Gasteiger charge is -2.38. The lowest BCUT2D eigenvalue weighted by atomic mass is 9.73. The molecule has 0 unspecified atom stereocenters. The van der Waals surface area contributed by atoms with Crippen LogP contribution < -0.4 is 5.32 Å². The Balaban J connectivity index is 1.40. The number of carbonyl (C=O) groups is 4. The van der Waals surface area contributed by atoms with Crippen LogP contribution in [-0.2, 0) is 9.59 Å². The molecule has 0 bridgehead atoms. The number of carbonyl (C=O) groups excluding carboxylic acids is 4. The van der Waals surface area contributed by atoms with Crippen LogP contribution in [0.2, 0.25) is 0 Å². The minimum atomic E-state index is -0.877. The third kappa shape index (κ3) is 3.26. The second-order valence-electron chi connectivity index (χ2n) is 8.49. The van der Waals surface area contributed by atoms with E-state index < -0.39 is 17.6 Å². The van der Waals surface area contributed by atoms with E-state index in [2.05, 4.69) is 5.32 Å². The molecule has 1 aromatic rings. The minimum Gasteiger partial charge on any atom is -0.459 e. The van der Waals surface area contributed by atoms with Crippen molar-refractivity contribution in [2.24, 2.45) is 5.92 Å². The summed E-state index contributed by atoms with van der Waals surface area (Å²) in [5, 5.41) is 2.90. The second-order valence-corrected chi connectivity index (χ2v) is 8.49. The molecule has 1 N–H and O–H groups in total. The lowest BCUT2D eigenvalue weighted by molar-refractivity contribution is -0.145. The summed E-state index contributed by atoms with van der Waals surface area (Å²) in [5.41, 5.74) is -0.877. The van der Waals surface area contributed by atoms with Crippen LogP contribution in [0.25, 0.3) is 0 Å². The lowest BCUT2D eigenvalue weighted by Crippen LogP contribution is -2.57. The van der Waals surface area contributed by atoms with Crippen LogP contribution in [0.5, 0.6) is 0 Å². The summed E-state index contributed by atoms with van der Waals surface area (Å²) in [7, 11) is 0. The molecule has 1 spiro atoms. The van der Waals surface area contributed by atoms with Gasteiger partial charge in [0.25, 0.3) is 11.8 Å². The maximum atomic E-state index is 13.2. The topological polar surface area (TPSA) is 103 Å². The fraction of sp³-hybridized carbons (Fsp3) is 0.619. The highest BCUT2D eigenvalue weighted by atomic mass is 16.3. The van der Waals surface area contributed by atoms with E-state index >= 15 is 0 Å². The molecule has 3 heterocycles. The van der Waals surface area contributed by atoms with Crippen molar-refractivity contribution >= 4 is 23.8 Å². The van der Waals surface area contributed by atoms with Gasteiger partial charge in [0.2, 0.25) is 5.91 Å². The van der Waals surface area contributed by atoms with E-state index in [9.17, 15) is 19.2 Å². The first kappa shape index (κ1) is 20.4. The summed E-state index contributed by atoms with van der Waals surface area (Å²) in [6, 6.07) is 1.91. The van der Waals surface area contributed by atoms with E-state index in [4.69, 9.17) is 4.42 Å². The van der Waals surface area contributed by atoms with E-state index in [1.165, 1.54) is 6.26 Å². The molecule has 3 fully saturated rings. The molecule has 0 aromatic carbocycles.